The maximum absolute atomic E-state index is 10.7. The Morgan fingerprint density at radius 3 is 2.08 bits per heavy atom. The molecular formula is C11H22OS. The zero-order valence-electron chi connectivity index (χ0n) is 9.68. The Balaban J connectivity index is 4.40. The highest BCUT2D eigenvalue weighted by Gasteiger charge is 2.32. The first-order valence-corrected chi connectivity index (χ1v) is 5.98. The van der Waals surface area contributed by atoms with E-state index < -0.39 is 0 Å². The van der Waals surface area contributed by atoms with Crippen molar-refractivity contribution in [3.05, 3.63) is 0 Å². The molecule has 0 fully saturated rings. The van der Waals surface area contributed by atoms with Gasteiger partial charge in [0.1, 0.15) is 6.29 Å². The van der Waals surface area contributed by atoms with Gasteiger partial charge in [-0.25, -0.2) is 0 Å². The molecule has 0 aromatic heterocycles. The molecule has 78 valence electrons. The van der Waals surface area contributed by atoms with Crippen LogP contribution in [0.2, 0.25) is 0 Å². The van der Waals surface area contributed by atoms with Crippen LogP contribution in [0.25, 0.3) is 0 Å². The van der Waals surface area contributed by atoms with Crippen LogP contribution >= 0.6 is 11.8 Å². The summed E-state index contributed by atoms with van der Waals surface area (Å²) >= 11 is 1.87. The Morgan fingerprint density at radius 2 is 1.77 bits per heavy atom. The van der Waals surface area contributed by atoms with E-state index in [4.69, 9.17) is 0 Å². The largest absolute Gasteiger partial charge is 0.303 e. The fourth-order valence-corrected chi connectivity index (χ4v) is 2.03. The molecule has 1 nitrogen and oxygen atoms in total. The first kappa shape index (κ1) is 13.0. The monoisotopic (exact) mass is 202 g/mol. The van der Waals surface area contributed by atoms with Crippen molar-refractivity contribution in [2.45, 2.75) is 45.8 Å². The fraction of sp³-hybridized carbons (Fsp3) is 0.909. The minimum Gasteiger partial charge on any atom is -0.303 e. The lowest BCUT2D eigenvalue weighted by Gasteiger charge is -2.36. The molecule has 0 heterocycles. The van der Waals surface area contributed by atoms with Gasteiger partial charge >= 0.3 is 0 Å². The number of aldehydes is 1. The van der Waals surface area contributed by atoms with Crippen LogP contribution in [0, 0.1) is 11.3 Å². The zero-order chi connectivity index (χ0) is 10.7. The molecule has 0 radical (unpaired) electrons. The molecule has 0 bridgehead atoms. The smallest absolute Gasteiger partial charge is 0.123 e. The predicted molar refractivity (Wildman–Crippen MR) is 61.2 cm³/mol. The van der Waals surface area contributed by atoms with E-state index in [2.05, 4.69) is 34.0 Å². The molecule has 0 aliphatic rings. The van der Waals surface area contributed by atoms with Crippen molar-refractivity contribution >= 4 is 18.0 Å². The van der Waals surface area contributed by atoms with Crippen molar-refractivity contribution < 1.29 is 4.79 Å². The van der Waals surface area contributed by atoms with Gasteiger partial charge < -0.3 is 4.79 Å². The van der Waals surface area contributed by atoms with E-state index in [1.54, 1.807) is 0 Å². The Labute approximate surface area is 86.7 Å². The van der Waals surface area contributed by atoms with Crippen LogP contribution in [-0.4, -0.2) is 17.3 Å². The van der Waals surface area contributed by atoms with E-state index in [1.807, 2.05) is 18.7 Å². The molecule has 0 spiro atoms. The van der Waals surface area contributed by atoms with Gasteiger partial charge in [-0.2, -0.15) is 11.8 Å². The third-order valence-electron chi connectivity index (χ3n) is 2.87. The maximum Gasteiger partial charge on any atom is 0.123 e. The summed E-state index contributed by atoms with van der Waals surface area (Å²) in [5, 5.41) is 0. The fourth-order valence-electron chi connectivity index (χ4n) is 1.51. The van der Waals surface area contributed by atoms with Crippen LogP contribution in [0.5, 0.6) is 0 Å². The Bertz CT molecular complexity index is 173. The molecule has 0 aliphatic heterocycles. The van der Waals surface area contributed by atoms with Crippen molar-refractivity contribution in [1.82, 2.24) is 0 Å². The average Bonchev–Trinajstić information content (AvgIpc) is 2.01. The molecule has 0 aromatic rings. The standard InChI is InChI=1S/C11H22OS/c1-9(7-12)10(2,3)8-11(4,5)13-6/h7,9H,8H2,1-6H3. The van der Waals surface area contributed by atoms with E-state index >= 15 is 0 Å². The summed E-state index contributed by atoms with van der Waals surface area (Å²) in [6.07, 6.45) is 4.26. The lowest BCUT2D eigenvalue weighted by molar-refractivity contribution is -0.113. The molecule has 0 aromatic carbocycles. The number of carbonyl (C=O) groups is 1. The number of hydrogen-bond acceptors (Lipinski definition) is 2. The summed E-state index contributed by atoms with van der Waals surface area (Å²) in [5.41, 5.74) is 0.105. The van der Waals surface area contributed by atoms with Crippen LogP contribution in [-0.2, 0) is 4.79 Å². The molecule has 2 heteroatoms. The van der Waals surface area contributed by atoms with Gasteiger partial charge in [-0.05, 0) is 18.1 Å². The molecule has 0 amide bonds. The van der Waals surface area contributed by atoms with Gasteiger partial charge in [0, 0.05) is 10.7 Å². The molecule has 0 saturated heterocycles. The second kappa shape index (κ2) is 4.50. The normalized spacial score (nSPS) is 15.5. The van der Waals surface area contributed by atoms with Crippen LogP contribution in [0.1, 0.15) is 41.0 Å². The van der Waals surface area contributed by atoms with Gasteiger partial charge in [-0.3, -0.25) is 0 Å². The third-order valence-corrected chi connectivity index (χ3v) is 4.12. The number of rotatable bonds is 5. The lowest BCUT2D eigenvalue weighted by atomic mass is 9.74. The summed E-state index contributed by atoms with van der Waals surface area (Å²) in [4.78, 5) is 10.7. The summed E-state index contributed by atoms with van der Waals surface area (Å²) < 4.78 is 0.265. The highest BCUT2D eigenvalue weighted by molar-refractivity contribution is 7.99. The summed E-state index contributed by atoms with van der Waals surface area (Å²) in [5.74, 6) is 0.138. The van der Waals surface area contributed by atoms with Crippen molar-refractivity contribution in [2.75, 3.05) is 6.26 Å². The molecule has 0 saturated carbocycles. The molecule has 1 atom stereocenters. The average molecular weight is 202 g/mol. The third kappa shape index (κ3) is 4.17. The predicted octanol–water partition coefficient (Wildman–Crippen LogP) is 3.38. The zero-order valence-corrected chi connectivity index (χ0v) is 10.5. The molecule has 0 rings (SSSR count). The molecule has 0 aliphatic carbocycles. The lowest BCUT2D eigenvalue weighted by Crippen LogP contribution is -2.31. The highest BCUT2D eigenvalue weighted by atomic mass is 32.2. The first-order chi connectivity index (χ1) is 5.75. The van der Waals surface area contributed by atoms with E-state index in [-0.39, 0.29) is 16.1 Å². The molecule has 1 unspecified atom stereocenters. The SMILES string of the molecule is CSC(C)(C)CC(C)(C)C(C)C=O. The summed E-state index contributed by atoms with van der Waals surface area (Å²) in [6.45, 7) is 10.8. The highest BCUT2D eigenvalue weighted by Crippen LogP contribution is 2.39. The van der Waals surface area contributed by atoms with E-state index in [0.717, 1.165) is 12.7 Å². The molecular weight excluding hydrogens is 180 g/mol. The van der Waals surface area contributed by atoms with Crippen molar-refractivity contribution in [3.63, 3.8) is 0 Å². The second-order valence-electron chi connectivity index (χ2n) is 5.05. The summed E-state index contributed by atoms with van der Waals surface area (Å²) in [7, 11) is 0. The van der Waals surface area contributed by atoms with E-state index in [9.17, 15) is 4.79 Å². The van der Waals surface area contributed by atoms with Gasteiger partial charge in [-0.15, -0.1) is 0 Å². The topological polar surface area (TPSA) is 17.1 Å². The van der Waals surface area contributed by atoms with Crippen molar-refractivity contribution in [1.29, 1.82) is 0 Å². The first-order valence-electron chi connectivity index (χ1n) is 4.75. The van der Waals surface area contributed by atoms with E-state index in [0.29, 0.717) is 0 Å². The van der Waals surface area contributed by atoms with Crippen LogP contribution < -0.4 is 0 Å². The number of thioether (sulfide) groups is 1. The number of carbonyl (C=O) groups excluding carboxylic acids is 1. The van der Waals surface area contributed by atoms with E-state index in [1.165, 1.54) is 0 Å². The van der Waals surface area contributed by atoms with Crippen molar-refractivity contribution in [3.8, 4) is 0 Å². The molecule has 0 N–H and O–H groups in total. The Morgan fingerprint density at radius 1 is 1.31 bits per heavy atom. The minimum absolute atomic E-state index is 0.105. The van der Waals surface area contributed by atoms with Crippen molar-refractivity contribution in [2.24, 2.45) is 11.3 Å². The van der Waals surface area contributed by atoms with Crippen LogP contribution in [0.15, 0.2) is 0 Å². The number of hydrogen-bond donors (Lipinski definition) is 0. The Hall–Kier alpha value is 0.0200. The van der Waals surface area contributed by atoms with Crippen LogP contribution in [0.3, 0.4) is 0 Å². The van der Waals surface area contributed by atoms with Gasteiger partial charge in [0.2, 0.25) is 0 Å². The van der Waals surface area contributed by atoms with Crippen LogP contribution in [0.4, 0.5) is 0 Å². The quantitative estimate of drug-likeness (QED) is 0.636. The maximum atomic E-state index is 10.7. The van der Waals surface area contributed by atoms with Gasteiger partial charge in [-0.1, -0.05) is 34.6 Å². The second-order valence-corrected chi connectivity index (χ2v) is 6.57. The van der Waals surface area contributed by atoms with Gasteiger partial charge in [0.05, 0.1) is 0 Å². The van der Waals surface area contributed by atoms with Gasteiger partial charge in [0.25, 0.3) is 0 Å². The summed E-state index contributed by atoms with van der Waals surface area (Å²) in [6, 6.07) is 0. The molecule has 13 heavy (non-hydrogen) atoms. The van der Waals surface area contributed by atoms with Gasteiger partial charge in [0.15, 0.2) is 0 Å². The minimum atomic E-state index is 0.105. The Kier molecular flexibility index (Phi) is 4.50.